The topological polar surface area (TPSA) is 72.4 Å². The number of hydrogen-bond acceptors (Lipinski definition) is 5. The Balaban J connectivity index is 1.76. The Hall–Kier alpha value is -2.76. The van der Waals surface area contributed by atoms with Crippen molar-refractivity contribution >= 4 is 11.7 Å². The average Bonchev–Trinajstić information content (AvgIpc) is 2.77. The number of nitrogens with zero attached hydrogens (tertiary/aromatic N) is 3. The maximum atomic E-state index is 11.8. The molecule has 2 aromatic rings. The average molecular weight is 283 g/mol. The van der Waals surface area contributed by atoms with E-state index in [0.29, 0.717) is 23.9 Å². The molecule has 6 heteroatoms. The Labute approximate surface area is 121 Å². The molecular weight excluding hydrogens is 270 g/mol. The molecule has 1 aliphatic rings. The molecule has 0 bridgehead atoms. The van der Waals surface area contributed by atoms with Crippen LogP contribution >= 0.6 is 0 Å². The van der Waals surface area contributed by atoms with Gasteiger partial charge in [0, 0.05) is 19.7 Å². The summed E-state index contributed by atoms with van der Waals surface area (Å²) < 4.78 is 5.53. The zero-order valence-electron chi connectivity index (χ0n) is 11.4. The van der Waals surface area contributed by atoms with Crippen molar-refractivity contribution in [1.82, 2.24) is 15.1 Å². The lowest BCUT2D eigenvalue weighted by molar-refractivity contribution is -0.139. The lowest BCUT2D eigenvalue weighted by atomic mass is 10.0. The fourth-order valence-corrected chi connectivity index (χ4v) is 2.18. The minimum absolute atomic E-state index is 0.339. The van der Waals surface area contributed by atoms with Gasteiger partial charge in [0.15, 0.2) is 0 Å². The van der Waals surface area contributed by atoms with E-state index in [-0.39, 0.29) is 0 Å². The number of amides is 1. The first-order chi connectivity index (χ1) is 10.1. The Morgan fingerprint density at radius 1 is 1.10 bits per heavy atom. The largest absolute Gasteiger partial charge is 0.438 e. The first-order valence-electron chi connectivity index (χ1n) is 6.51. The van der Waals surface area contributed by atoms with Crippen LogP contribution in [0.2, 0.25) is 0 Å². The Morgan fingerprint density at radius 3 is 2.43 bits per heavy atom. The van der Waals surface area contributed by atoms with E-state index in [0.717, 1.165) is 0 Å². The van der Waals surface area contributed by atoms with Crippen molar-refractivity contribution < 1.29 is 14.3 Å². The second-order valence-electron chi connectivity index (χ2n) is 4.81. The highest BCUT2D eigenvalue weighted by Crippen LogP contribution is 2.24. The number of rotatable bonds is 3. The number of likely N-dealkylation sites (N-methyl/N-ethyl adjacent to an activating group) is 1. The van der Waals surface area contributed by atoms with Crippen molar-refractivity contribution in [1.29, 1.82) is 0 Å². The standard InChI is InChI=1S/C15H13N3O3/c1-18-9-11(14(19)15(18)20)12-7-8-13(17-16-12)21-10-5-3-2-4-6-10/h2-8,11H,9H2,1H3. The molecule has 3 rings (SSSR count). The summed E-state index contributed by atoms with van der Waals surface area (Å²) in [5.41, 5.74) is 0.484. The van der Waals surface area contributed by atoms with Gasteiger partial charge in [-0.25, -0.2) is 0 Å². The van der Waals surface area contributed by atoms with Gasteiger partial charge < -0.3 is 9.64 Å². The molecule has 1 amide bonds. The molecule has 1 aliphatic heterocycles. The van der Waals surface area contributed by atoms with Crippen LogP contribution < -0.4 is 4.74 Å². The first-order valence-corrected chi connectivity index (χ1v) is 6.51. The third kappa shape index (κ3) is 2.60. The highest BCUT2D eigenvalue weighted by Gasteiger charge is 2.38. The smallest absolute Gasteiger partial charge is 0.290 e. The van der Waals surface area contributed by atoms with Crippen molar-refractivity contribution in [3.05, 3.63) is 48.2 Å². The lowest BCUT2D eigenvalue weighted by Gasteiger charge is -2.08. The van der Waals surface area contributed by atoms with Gasteiger partial charge in [0.05, 0.1) is 11.6 Å². The van der Waals surface area contributed by atoms with Crippen LogP contribution in [0.15, 0.2) is 42.5 Å². The first kappa shape index (κ1) is 13.2. The van der Waals surface area contributed by atoms with Crippen LogP contribution in [-0.2, 0) is 9.59 Å². The number of para-hydroxylation sites is 1. The van der Waals surface area contributed by atoms with E-state index in [4.69, 9.17) is 4.74 Å². The number of ether oxygens (including phenoxy) is 1. The van der Waals surface area contributed by atoms with Crippen molar-refractivity contribution in [2.75, 3.05) is 13.6 Å². The summed E-state index contributed by atoms with van der Waals surface area (Å²) in [6.45, 7) is 0.339. The fraction of sp³-hybridized carbons (Fsp3) is 0.200. The summed E-state index contributed by atoms with van der Waals surface area (Å²) in [4.78, 5) is 24.7. The quantitative estimate of drug-likeness (QED) is 0.796. The molecule has 0 saturated carbocycles. The number of aromatic nitrogens is 2. The van der Waals surface area contributed by atoms with Crippen molar-refractivity contribution in [3.63, 3.8) is 0 Å². The van der Waals surface area contributed by atoms with E-state index in [9.17, 15) is 9.59 Å². The number of carbonyl (C=O) groups is 2. The SMILES string of the molecule is CN1CC(c2ccc(Oc3ccccc3)nn2)C(=O)C1=O. The van der Waals surface area contributed by atoms with Crippen molar-refractivity contribution in [3.8, 4) is 11.6 Å². The summed E-state index contributed by atoms with van der Waals surface area (Å²) >= 11 is 0. The summed E-state index contributed by atoms with van der Waals surface area (Å²) in [5.74, 6) is -0.461. The third-order valence-corrected chi connectivity index (χ3v) is 3.31. The molecule has 0 N–H and O–H groups in total. The maximum Gasteiger partial charge on any atom is 0.290 e. The van der Waals surface area contributed by atoms with E-state index in [1.54, 1.807) is 19.2 Å². The predicted octanol–water partition coefficient (Wildman–Crippen LogP) is 1.39. The van der Waals surface area contributed by atoms with Gasteiger partial charge in [-0.05, 0) is 18.2 Å². The molecule has 1 unspecified atom stereocenters. The number of Topliss-reactive ketones (excluding diaryl/α,β-unsaturated/α-hetero) is 1. The summed E-state index contributed by atoms with van der Waals surface area (Å²) in [6.07, 6.45) is 0. The molecule has 1 atom stereocenters. The van der Waals surface area contributed by atoms with Crippen LogP contribution in [0.5, 0.6) is 11.6 Å². The van der Waals surface area contributed by atoms with Crippen molar-refractivity contribution in [2.45, 2.75) is 5.92 Å². The number of hydrogen-bond donors (Lipinski definition) is 0. The normalized spacial score (nSPS) is 18.1. The monoisotopic (exact) mass is 283 g/mol. The predicted molar refractivity (Wildman–Crippen MR) is 73.9 cm³/mol. The summed E-state index contributed by atoms with van der Waals surface area (Å²) in [6, 6.07) is 12.5. The molecule has 6 nitrogen and oxygen atoms in total. The van der Waals surface area contributed by atoms with Gasteiger partial charge in [0.1, 0.15) is 5.75 Å². The van der Waals surface area contributed by atoms with Gasteiger partial charge in [0.25, 0.3) is 5.91 Å². The molecule has 1 saturated heterocycles. The van der Waals surface area contributed by atoms with Gasteiger partial charge in [-0.15, -0.1) is 5.10 Å². The molecule has 1 aromatic heterocycles. The highest BCUT2D eigenvalue weighted by molar-refractivity contribution is 6.40. The number of carbonyl (C=O) groups excluding carboxylic acids is 2. The van der Waals surface area contributed by atoms with Crippen LogP contribution in [0.25, 0.3) is 0 Å². The second kappa shape index (κ2) is 5.32. The molecule has 1 fully saturated rings. The van der Waals surface area contributed by atoms with Crippen LogP contribution in [0.1, 0.15) is 11.6 Å². The van der Waals surface area contributed by atoms with Gasteiger partial charge in [-0.3, -0.25) is 9.59 Å². The zero-order chi connectivity index (χ0) is 14.8. The van der Waals surface area contributed by atoms with E-state index in [2.05, 4.69) is 10.2 Å². The third-order valence-electron chi connectivity index (χ3n) is 3.31. The Morgan fingerprint density at radius 2 is 1.86 bits per heavy atom. The van der Waals surface area contributed by atoms with Crippen LogP contribution in [0.4, 0.5) is 0 Å². The van der Waals surface area contributed by atoms with Gasteiger partial charge >= 0.3 is 0 Å². The van der Waals surface area contributed by atoms with Crippen molar-refractivity contribution in [2.24, 2.45) is 0 Å². The van der Waals surface area contributed by atoms with E-state index >= 15 is 0 Å². The molecule has 106 valence electrons. The number of likely N-dealkylation sites (tertiary alicyclic amines) is 1. The van der Waals surface area contributed by atoms with Crippen LogP contribution in [-0.4, -0.2) is 40.4 Å². The van der Waals surface area contributed by atoms with Crippen LogP contribution in [0, 0.1) is 0 Å². The molecule has 0 spiro atoms. The van der Waals surface area contributed by atoms with E-state index in [1.807, 2.05) is 30.3 Å². The highest BCUT2D eigenvalue weighted by atomic mass is 16.5. The minimum Gasteiger partial charge on any atom is -0.438 e. The molecule has 21 heavy (non-hydrogen) atoms. The summed E-state index contributed by atoms with van der Waals surface area (Å²) in [7, 11) is 1.60. The van der Waals surface area contributed by atoms with Gasteiger partial charge in [-0.1, -0.05) is 18.2 Å². The molecular formula is C15H13N3O3. The van der Waals surface area contributed by atoms with Gasteiger partial charge in [-0.2, -0.15) is 5.10 Å². The van der Waals surface area contributed by atoms with E-state index < -0.39 is 17.6 Å². The zero-order valence-corrected chi connectivity index (χ0v) is 11.4. The second-order valence-corrected chi connectivity index (χ2v) is 4.81. The molecule has 0 radical (unpaired) electrons. The molecule has 0 aliphatic carbocycles. The molecule has 1 aromatic carbocycles. The Kier molecular flexibility index (Phi) is 3.35. The fourth-order valence-electron chi connectivity index (χ4n) is 2.18. The van der Waals surface area contributed by atoms with Gasteiger partial charge in [0.2, 0.25) is 11.7 Å². The number of benzene rings is 1. The minimum atomic E-state index is -0.541. The maximum absolute atomic E-state index is 11.8. The van der Waals surface area contributed by atoms with E-state index in [1.165, 1.54) is 4.90 Å². The van der Waals surface area contributed by atoms with Crippen LogP contribution in [0.3, 0.4) is 0 Å². The summed E-state index contributed by atoms with van der Waals surface area (Å²) in [5, 5.41) is 7.95. The Bertz CT molecular complexity index is 670. The number of ketones is 1. The molecule has 2 heterocycles. The lowest BCUT2D eigenvalue weighted by Crippen LogP contribution is -2.22.